The summed E-state index contributed by atoms with van der Waals surface area (Å²) in [6.07, 6.45) is 1.97. The first-order chi connectivity index (χ1) is 12.8. The van der Waals surface area contributed by atoms with E-state index in [9.17, 15) is 13.2 Å². The molecule has 1 saturated carbocycles. The molecular formula is C18H25F3N4OS. The lowest BCUT2D eigenvalue weighted by molar-refractivity contribution is -0.145. The number of rotatable bonds is 4. The van der Waals surface area contributed by atoms with Gasteiger partial charge in [0.2, 0.25) is 5.82 Å². The van der Waals surface area contributed by atoms with Crippen molar-refractivity contribution in [1.82, 2.24) is 19.2 Å². The zero-order valence-electron chi connectivity index (χ0n) is 15.6. The highest BCUT2D eigenvalue weighted by molar-refractivity contribution is 7.97. The molecule has 0 aromatic carbocycles. The molecule has 3 heterocycles. The molecule has 1 aromatic heterocycles. The van der Waals surface area contributed by atoms with E-state index in [0.717, 1.165) is 39.0 Å². The third-order valence-electron chi connectivity index (χ3n) is 6.01. The number of hydrogen-bond acceptors (Lipinski definition) is 6. The molecule has 3 aliphatic rings. The van der Waals surface area contributed by atoms with Crippen LogP contribution in [-0.4, -0.2) is 64.6 Å². The minimum absolute atomic E-state index is 0.367. The van der Waals surface area contributed by atoms with E-state index in [4.69, 9.17) is 4.74 Å². The maximum atomic E-state index is 12.7. The highest BCUT2D eigenvalue weighted by atomic mass is 32.2. The number of methoxy groups -OCH3 is 1. The second-order valence-corrected chi connectivity index (χ2v) is 9.24. The molecular weight excluding hydrogens is 377 g/mol. The number of nitrogens with zero attached hydrogens (tertiary/aromatic N) is 4. The highest BCUT2D eigenvalue weighted by Crippen LogP contribution is 2.46. The van der Waals surface area contributed by atoms with Crippen LogP contribution in [0.1, 0.15) is 37.2 Å². The van der Waals surface area contributed by atoms with Gasteiger partial charge in [-0.3, -0.25) is 4.90 Å². The van der Waals surface area contributed by atoms with Gasteiger partial charge in [0.15, 0.2) is 0 Å². The Balaban J connectivity index is 1.24. The van der Waals surface area contributed by atoms with Crippen molar-refractivity contribution in [2.75, 3.05) is 33.3 Å². The van der Waals surface area contributed by atoms with Crippen molar-refractivity contribution in [2.45, 2.75) is 55.8 Å². The van der Waals surface area contributed by atoms with E-state index >= 15 is 0 Å². The van der Waals surface area contributed by atoms with Gasteiger partial charge in [-0.15, -0.1) is 0 Å². The lowest BCUT2D eigenvalue weighted by atomic mass is 9.72. The number of halogens is 3. The lowest BCUT2D eigenvalue weighted by Gasteiger charge is -2.62. The quantitative estimate of drug-likeness (QED) is 0.720. The molecule has 2 saturated heterocycles. The first-order valence-corrected chi connectivity index (χ1v) is 10.2. The molecule has 0 amide bonds. The van der Waals surface area contributed by atoms with Crippen LogP contribution in [0, 0.1) is 12.3 Å². The van der Waals surface area contributed by atoms with Crippen LogP contribution in [0.5, 0.6) is 0 Å². The average Bonchev–Trinajstić information content (AvgIpc) is 2.56. The molecule has 0 atom stereocenters. The predicted molar refractivity (Wildman–Crippen MR) is 96.3 cm³/mol. The van der Waals surface area contributed by atoms with Crippen LogP contribution in [0.4, 0.5) is 13.2 Å². The smallest absolute Gasteiger partial charge is 0.381 e. The Bertz CT molecular complexity index is 680. The van der Waals surface area contributed by atoms with Crippen molar-refractivity contribution in [1.29, 1.82) is 0 Å². The normalized spacial score (nSPS) is 28.8. The summed E-state index contributed by atoms with van der Waals surface area (Å²) in [5, 5.41) is 0. The van der Waals surface area contributed by atoms with Crippen molar-refractivity contribution in [3.8, 4) is 0 Å². The lowest BCUT2D eigenvalue weighted by Crippen LogP contribution is -2.72. The van der Waals surface area contributed by atoms with Crippen LogP contribution in [-0.2, 0) is 10.9 Å². The van der Waals surface area contributed by atoms with Crippen LogP contribution in [0.3, 0.4) is 0 Å². The van der Waals surface area contributed by atoms with Gasteiger partial charge in [0, 0.05) is 50.9 Å². The summed E-state index contributed by atoms with van der Waals surface area (Å²) in [6.45, 7) is 5.82. The molecule has 4 rings (SSSR count). The third kappa shape index (κ3) is 3.97. The predicted octanol–water partition coefficient (Wildman–Crippen LogP) is 3.39. The Kier molecular flexibility index (Phi) is 5.15. The minimum Gasteiger partial charge on any atom is -0.381 e. The number of hydrogen-bond donors (Lipinski definition) is 0. The zero-order valence-corrected chi connectivity index (χ0v) is 16.4. The zero-order chi connectivity index (χ0) is 19.2. The van der Waals surface area contributed by atoms with Crippen molar-refractivity contribution in [3.63, 3.8) is 0 Å². The fourth-order valence-electron chi connectivity index (χ4n) is 4.51. The molecule has 1 aromatic rings. The SMILES string of the molecule is COC1CCC(N2CC3(CN(Sc4cnc(C(F)(F)F)nc4C)C3)C2)CC1. The van der Waals surface area contributed by atoms with E-state index in [1.54, 1.807) is 14.0 Å². The summed E-state index contributed by atoms with van der Waals surface area (Å²) in [5.41, 5.74) is 0.750. The molecule has 0 unspecified atom stereocenters. The van der Waals surface area contributed by atoms with Crippen molar-refractivity contribution in [2.24, 2.45) is 5.41 Å². The number of aromatic nitrogens is 2. The first-order valence-electron chi connectivity index (χ1n) is 9.39. The largest absolute Gasteiger partial charge is 0.451 e. The summed E-state index contributed by atoms with van der Waals surface area (Å²) in [5.74, 6) is -1.07. The topological polar surface area (TPSA) is 41.5 Å². The van der Waals surface area contributed by atoms with Gasteiger partial charge >= 0.3 is 6.18 Å². The van der Waals surface area contributed by atoms with Gasteiger partial charge in [-0.2, -0.15) is 13.2 Å². The van der Waals surface area contributed by atoms with Crippen LogP contribution in [0.15, 0.2) is 11.1 Å². The molecule has 2 aliphatic heterocycles. The fourth-order valence-corrected chi connectivity index (χ4v) is 5.74. The number of alkyl halides is 3. The highest BCUT2D eigenvalue weighted by Gasteiger charge is 2.53. The first kappa shape index (κ1) is 19.4. The van der Waals surface area contributed by atoms with Crippen molar-refractivity contribution < 1.29 is 17.9 Å². The summed E-state index contributed by atoms with van der Waals surface area (Å²) in [4.78, 5) is 10.4. The van der Waals surface area contributed by atoms with Crippen LogP contribution < -0.4 is 0 Å². The fraction of sp³-hybridized carbons (Fsp3) is 0.778. The van der Waals surface area contributed by atoms with Crippen LogP contribution >= 0.6 is 11.9 Å². The Morgan fingerprint density at radius 2 is 1.81 bits per heavy atom. The van der Waals surface area contributed by atoms with Gasteiger partial charge in [0.1, 0.15) is 0 Å². The van der Waals surface area contributed by atoms with Gasteiger partial charge in [-0.05, 0) is 44.6 Å². The maximum absolute atomic E-state index is 12.7. The Labute approximate surface area is 161 Å². The molecule has 1 spiro atoms. The molecule has 3 fully saturated rings. The van der Waals surface area contributed by atoms with E-state index in [0.29, 0.717) is 28.2 Å². The van der Waals surface area contributed by atoms with Crippen molar-refractivity contribution in [3.05, 3.63) is 17.7 Å². The molecule has 27 heavy (non-hydrogen) atoms. The van der Waals surface area contributed by atoms with Crippen LogP contribution in [0.2, 0.25) is 0 Å². The Morgan fingerprint density at radius 3 is 2.37 bits per heavy atom. The Morgan fingerprint density at radius 1 is 1.15 bits per heavy atom. The average molecular weight is 402 g/mol. The van der Waals surface area contributed by atoms with Gasteiger partial charge < -0.3 is 4.74 Å². The minimum atomic E-state index is -4.49. The van der Waals surface area contributed by atoms with Crippen molar-refractivity contribution >= 4 is 11.9 Å². The molecule has 0 radical (unpaired) electrons. The molecule has 9 heteroatoms. The molecule has 1 aliphatic carbocycles. The number of aryl methyl sites for hydroxylation is 1. The maximum Gasteiger partial charge on any atom is 0.451 e. The summed E-state index contributed by atoms with van der Waals surface area (Å²) >= 11 is 1.47. The summed E-state index contributed by atoms with van der Waals surface area (Å²) in [6, 6.07) is 0.689. The third-order valence-corrected chi connectivity index (χ3v) is 7.12. The Hall–Kier alpha value is -0.900. The second-order valence-electron chi connectivity index (χ2n) is 8.10. The molecule has 150 valence electrons. The van der Waals surface area contributed by atoms with Crippen LogP contribution in [0.25, 0.3) is 0 Å². The second kappa shape index (κ2) is 7.17. The van der Waals surface area contributed by atoms with Gasteiger partial charge in [0.25, 0.3) is 0 Å². The van der Waals surface area contributed by atoms with E-state index in [-0.39, 0.29) is 0 Å². The number of ether oxygens (including phenoxy) is 1. The molecule has 0 bridgehead atoms. The monoisotopic (exact) mass is 402 g/mol. The van der Waals surface area contributed by atoms with Gasteiger partial charge in [-0.1, -0.05) is 0 Å². The van der Waals surface area contributed by atoms with Gasteiger partial charge in [0.05, 0.1) is 16.7 Å². The standard InChI is InChI=1S/C18H25F3N4OS/c1-12-15(7-22-16(23-12)18(19,20)21)27-25-10-17(11-25)8-24(9-17)13-3-5-14(26-2)6-4-13/h7,13-14H,3-6,8-11H2,1-2H3. The molecule has 5 nitrogen and oxygen atoms in total. The summed E-state index contributed by atoms with van der Waals surface area (Å²) < 4.78 is 45.7. The van der Waals surface area contributed by atoms with E-state index in [2.05, 4.69) is 19.2 Å². The van der Waals surface area contributed by atoms with E-state index < -0.39 is 12.0 Å². The summed E-state index contributed by atoms with van der Waals surface area (Å²) in [7, 11) is 1.80. The van der Waals surface area contributed by atoms with E-state index in [1.807, 2.05) is 0 Å². The van der Waals surface area contributed by atoms with E-state index in [1.165, 1.54) is 31.0 Å². The molecule has 0 N–H and O–H groups in total. The number of likely N-dealkylation sites (tertiary alicyclic amines) is 1. The van der Waals surface area contributed by atoms with Gasteiger partial charge in [-0.25, -0.2) is 14.3 Å².